The van der Waals surface area contributed by atoms with E-state index in [4.69, 9.17) is 9.47 Å². The maximum Gasteiger partial charge on any atom is 0.161 e. The van der Waals surface area contributed by atoms with Gasteiger partial charge < -0.3 is 14.8 Å². The highest BCUT2D eigenvalue weighted by Gasteiger charge is 2.11. The van der Waals surface area contributed by atoms with Crippen molar-refractivity contribution in [1.82, 2.24) is 14.9 Å². The zero-order chi connectivity index (χ0) is 12.9. The van der Waals surface area contributed by atoms with Gasteiger partial charge in [0.1, 0.15) is 13.2 Å². The topological polar surface area (TPSA) is 56.3 Å². The molecule has 0 unspecified atom stereocenters. The second kappa shape index (κ2) is 5.99. The van der Waals surface area contributed by atoms with Gasteiger partial charge in [-0.05, 0) is 42.2 Å². The lowest BCUT2D eigenvalue weighted by Gasteiger charge is -2.18. The molecule has 3 rings (SSSR count). The van der Waals surface area contributed by atoms with Crippen LogP contribution in [0.5, 0.6) is 11.5 Å². The number of fused-ring (bicyclic) bond motifs is 1. The Kier molecular flexibility index (Phi) is 3.90. The Morgan fingerprint density at radius 3 is 2.95 bits per heavy atom. The van der Waals surface area contributed by atoms with Gasteiger partial charge in [-0.15, -0.1) is 5.10 Å². The first-order valence-electron chi connectivity index (χ1n) is 6.27. The predicted molar refractivity (Wildman–Crippen MR) is 72.8 cm³/mol. The maximum absolute atomic E-state index is 5.57. The molecular formula is C13H15N3O2S. The van der Waals surface area contributed by atoms with Crippen LogP contribution < -0.4 is 14.8 Å². The van der Waals surface area contributed by atoms with E-state index in [0.717, 1.165) is 36.7 Å². The van der Waals surface area contributed by atoms with Gasteiger partial charge in [0.05, 0.1) is 5.69 Å². The Morgan fingerprint density at radius 2 is 2.11 bits per heavy atom. The summed E-state index contributed by atoms with van der Waals surface area (Å²) in [4.78, 5) is 0. The first-order chi connectivity index (χ1) is 9.42. The van der Waals surface area contributed by atoms with E-state index in [-0.39, 0.29) is 0 Å². The maximum atomic E-state index is 5.57. The highest BCUT2D eigenvalue weighted by Crippen LogP contribution is 2.30. The zero-order valence-electron chi connectivity index (χ0n) is 10.5. The number of hydrogen-bond donors (Lipinski definition) is 1. The Morgan fingerprint density at radius 1 is 1.21 bits per heavy atom. The summed E-state index contributed by atoms with van der Waals surface area (Å²) in [6, 6.07) is 6.12. The van der Waals surface area contributed by atoms with Crippen LogP contribution in [-0.2, 0) is 13.0 Å². The average molecular weight is 277 g/mol. The van der Waals surface area contributed by atoms with Crippen LogP contribution in [0.15, 0.2) is 23.6 Å². The number of ether oxygens (including phenoxy) is 2. The number of nitrogens with one attached hydrogen (secondary N) is 1. The Labute approximate surface area is 115 Å². The summed E-state index contributed by atoms with van der Waals surface area (Å²) in [6.07, 6.45) is 0.953. The van der Waals surface area contributed by atoms with E-state index in [1.165, 1.54) is 17.1 Å². The summed E-state index contributed by atoms with van der Waals surface area (Å²) < 4.78 is 14.9. The molecule has 0 saturated heterocycles. The van der Waals surface area contributed by atoms with Gasteiger partial charge in [0.2, 0.25) is 0 Å². The molecule has 1 aromatic carbocycles. The van der Waals surface area contributed by atoms with Crippen molar-refractivity contribution >= 4 is 11.5 Å². The molecule has 0 radical (unpaired) electrons. The van der Waals surface area contributed by atoms with Crippen LogP contribution in [0.25, 0.3) is 0 Å². The van der Waals surface area contributed by atoms with Crippen molar-refractivity contribution in [3.05, 3.63) is 34.8 Å². The van der Waals surface area contributed by atoms with Crippen LogP contribution in [0, 0.1) is 0 Å². The van der Waals surface area contributed by atoms with Crippen molar-refractivity contribution in [1.29, 1.82) is 0 Å². The normalized spacial score (nSPS) is 13.5. The fraction of sp³-hybridized carbons (Fsp3) is 0.385. The van der Waals surface area contributed by atoms with Gasteiger partial charge in [-0.25, -0.2) is 0 Å². The molecule has 0 fully saturated rings. The predicted octanol–water partition coefficient (Wildman–Crippen LogP) is 1.64. The fourth-order valence-electron chi connectivity index (χ4n) is 1.95. The van der Waals surface area contributed by atoms with E-state index in [1.807, 2.05) is 11.4 Å². The molecule has 1 aliphatic rings. The van der Waals surface area contributed by atoms with Crippen molar-refractivity contribution in [2.45, 2.75) is 13.0 Å². The van der Waals surface area contributed by atoms with E-state index in [0.29, 0.717) is 13.2 Å². The molecule has 2 heterocycles. The van der Waals surface area contributed by atoms with Crippen LogP contribution in [0.3, 0.4) is 0 Å². The summed E-state index contributed by atoms with van der Waals surface area (Å²) >= 11 is 1.38. The summed E-state index contributed by atoms with van der Waals surface area (Å²) in [7, 11) is 0. The monoisotopic (exact) mass is 277 g/mol. The first kappa shape index (κ1) is 12.4. The number of hydrogen-bond acceptors (Lipinski definition) is 6. The summed E-state index contributed by atoms with van der Waals surface area (Å²) in [5.74, 6) is 1.70. The molecule has 0 spiro atoms. The minimum atomic E-state index is 0.630. The number of benzene rings is 1. The molecule has 0 saturated carbocycles. The van der Waals surface area contributed by atoms with E-state index < -0.39 is 0 Å². The van der Waals surface area contributed by atoms with Crippen molar-refractivity contribution < 1.29 is 9.47 Å². The van der Waals surface area contributed by atoms with Crippen LogP contribution in [0.1, 0.15) is 11.3 Å². The quantitative estimate of drug-likeness (QED) is 0.842. The van der Waals surface area contributed by atoms with Crippen molar-refractivity contribution in [3.8, 4) is 11.5 Å². The van der Waals surface area contributed by atoms with Gasteiger partial charge >= 0.3 is 0 Å². The lowest BCUT2D eigenvalue weighted by Crippen LogP contribution is -2.18. The number of nitrogens with zero attached hydrogens (tertiary/aromatic N) is 2. The second-order valence-corrected chi connectivity index (χ2v) is 4.91. The summed E-state index contributed by atoms with van der Waals surface area (Å²) in [6.45, 7) is 2.93. The molecule has 100 valence electrons. The Balaban J connectivity index is 1.50. The minimum absolute atomic E-state index is 0.630. The summed E-state index contributed by atoms with van der Waals surface area (Å²) in [5, 5.41) is 9.29. The van der Waals surface area contributed by atoms with Crippen molar-refractivity contribution in [2.24, 2.45) is 0 Å². The summed E-state index contributed by atoms with van der Waals surface area (Å²) in [5.41, 5.74) is 2.24. The van der Waals surface area contributed by atoms with Gasteiger partial charge in [0.15, 0.2) is 11.5 Å². The minimum Gasteiger partial charge on any atom is -0.486 e. The third kappa shape index (κ3) is 3.21. The SMILES string of the molecule is c1cc2c(cc1CCNCc1csnn1)OCCO2. The molecule has 1 aromatic heterocycles. The average Bonchev–Trinajstić information content (AvgIpc) is 2.97. The third-order valence-electron chi connectivity index (χ3n) is 2.91. The molecule has 0 atom stereocenters. The molecule has 0 aliphatic carbocycles. The lowest BCUT2D eigenvalue weighted by molar-refractivity contribution is 0.171. The van der Waals surface area contributed by atoms with Crippen LogP contribution in [0.2, 0.25) is 0 Å². The zero-order valence-corrected chi connectivity index (χ0v) is 11.3. The van der Waals surface area contributed by atoms with Gasteiger partial charge in [0.25, 0.3) is 0 Å². The first-order valence-corrected chi connectivity index (χ1v) is 7.10. The number of aromatic nitrogens is 2. The molecule has 1 aliphatic heterocycles. The van der Waals surface area contributed by atoms with E-state index in [9.17, 15) is 0 Å². The van der Waals surface area contributed by atoms with Gasteiger partial charge in [-0.3, -0.25) is 0 Å². The molecule has 0 amide bonds. The molecule has 1 N–H and O–H groups in total. The number of rotatable bonds is 5. The van der Waals surface area contributed by atoms with E-state index in [2.05, 4.69) is 27.0 Å². The van der Waals surface area contributed by atoms with Crippen molar-refractivity contribution in [2.75, 3.05) is 19.8 Å². The molecule has 6 heteroatoms. The molecule has 2 aromatic rings. The Bertz CT molecular complexity index is 531. The van der Waals surface area contributed by atoms with Crippen LogP contribution in [0.4, 0.5) is 0 Å². The standard InChI is InChI=1S/C13H15N3O2S/c1-2-12-13(18-6-5-17-12)7-10(1)3-4-14-8-11-9-19-16-15-11/h1-2,7,9,14H,3-6,8H2. The van der Waals surface area contributed by atoms with E-state index >= 15 is 0 Å². The Hall–Kier alpha value is -1.66. The molecule has 0 bridgehead atoms. The van der Waals surface area contributed by atoms with E-state index in [1.54, 1.807) is 0 Å². The highest BCUT2D eigenvalue weighted by atomic mass is 32.1. The third-order valence-corrected chi connectivity index (χ3v) is 3.46. The van der Waals surface area contributed by atoms with Gasteiger partial charge in [-0.1, -0.05) is 10.6 Å². The van der Waals surface area contributed by atoms with Crippen molar-refractivity contribution in [3.63, 3.8) is 0 Å². The smallest absolute Gasteiger partial charge is 0.161 e. The highest BCUT2D eigenvalue weighted by molar-refractivity contribution is 7.03. The van der Waals surface area contributed by atoms with Crippen LogP contribution >= 0.6 is 11.5 Å². The fourth-order valence-corrected chi connectivity index (χ4v) is 2.40. The van der Waals surface area contributed by atoms with Gasteiger partial charge in [-0.2, -0.15) is 0 Å². The molecule has 5 nitrogen and oxygen atoms in total. The molecular weight excluding hydrogens is 262 g/mol. The second-order valence-electron chi connectivity index (χ2n) is 4.30. The van der Waals surface area contributed by atoms with Gasteiger partial charge in [0, 0.05) is 11.9 Å². The van der Waals surface area contributed by atoms with Crippen LogP contribution in [-0.4, -0.2) is 29.3 Å². The lowest BCUT2D eigenvalue weighted by atomic mass is 10.1. The largest absolute Gasteiger partial charge is 0.486 e. The molecule has 19 heavy (non-hydrogen) atoms.